The van der Waals surface area contributed by atoms with Crippen molar-refractivity contribution in [3.8, 4) is 0 Å². The number of carbonyl (C=O) groups is 2. The Labute approximate surface area is 105 Å². The van der Waals surface area contributed by atoms with Crippen molar-refractivity contribution in [2.45, 2.75) is 20.3 Å². The second kappa shape index (κ2) is 4.49. The molecule has 0 unspecified atom stereocenters. The highest BCUT2D eigenvalue weighted by atomic mass is 35.5. The molecule has 3 nitrogen and oxygen atoms in total. The second-order valence-electron chi connectivity index (χ2n) is 4.30. The van der Waals surface area contributed by atoms with Gasteiger partial charge in [0.1, 0.15) is 0 Å². The van der Waals surface area contributed by atoms with Crippen molar-refractivity contribution in [3.63, 3.8) is 0 Å². The van der Waals surface area contributed by atoms with Crippen LogP contribution in [0.5, 0.6) is 0 Å². The Hall–Kier alpha value is -1.35. The molecule has 0 N–H and O–H groups in total. The van der Waals surface area contributed by atoms with Gasteiger partial charge in [-0.15, -0.1) is 11.6 Å². The first-order valence-electron chi connectivity index (χ1n) is 5.59. The summed E-state index contributed by atoms with van der Waals surface area (Å²) < 4.78 is 0. The number of ketones is 1. The molecule has 1 aliphatic heterocycles. The summed E-state index contributed by atoms with van der Waals surface area (Å²) >= 11 is 5.63. The van der Waals surface area contributed by atoms with Gasteiger partial charge in [-0.25, -0.2) is 0 Å². The molecule has 0 aromatic heterocycles. The molecule has 90 valence electrons. The first kappa shape index (κ1) is 12.1. The third-order valence-electron chi connectivity index (χ3n) is 2.93. The van der Waals surface area contributed by atoms with Crippen LogP contribution in [0.1, 0.15) is 27.9 Å². The number of fused-ring (bicyclic) bond motifs is 1. The standard InChI is InChI=1S/C13H14ClNO2/c1-8-6-9(2)11-10(7-8)15(5-3-4-14)13(17)12(11)16/h6-7H,3-5H2,1-2H3. The molecular weight excluding hydrogens is 238 g/mol. The maximum absolute atomic E-state index is 11.9. The Balaban J connectivity index is 2.48. The van der Waals surface area contributed by atoms with Crippen LogP contribution in [0.15, 0.2) is 12.1 Å². The summed E-state index contributed by atoms with van der Waals surface area (Å²) in [5.41, 5.74) is 3.21. The van der Waals surface area contributed by atoms with Crippen molar-refractivity contribution in [1.82, 2.24) is 0 Å². The second-order valence-corrected chi connectivity index (χ2v) is 4.68. The fourth-order valence-corrected chi connectivity index (χ4v) is 2.35. The normalized spacial score (nSPS) is 14.4. The lowest BCUT2D eigenvalue weighted by atomic mass is 10.0. The molecular formula is C13H14ClNO2. The van der Waals surface area contributed by atoms with E-state index >= 15 is 0 Å². The highest BCUT2D eigenvalue weighted by molar-refractivity contribution is 6.52. The van der Waals surface area contributed by atoms with Gasteiger partial charge in [0.2, 0.25) is 0 Å². The number of aryl methyl sites for hydroxylation is 2. The largest absolute Gasteiger partial charge is 0.305 e. The lowest BCUT2D eigenvalue weighted by molar-refractivity contribution is -0.114. The van der Waals surface area contributed by atoms with Crippen molar-refractivity contribution >= 4 is 29.0 Å². The summed E-state index contributed by atoms with van der Waals surface area (Å²) in [4.78, 5) is 25.3. The van der Waals surface area contributed by atoms with E-state index < -0.39 is 11.7 Å². The Morgan fingerprint density at radius 3 is 2.59 bits per heavy atom. The van der Waals surface area contributed by atoms with Crippen LogP contribution in [0.4, 0.5) is 5.69 Å². The zero-order chi connectivity index (χ0) is 12.6. The van der Waals surface area contributed by atoms with E-state index in [1.807, 2.05) is 26.0 Å². The number of alkyl halides is 1. The maximum Gasteiger partial charge on any atom is 0.299 e. The number of rotatable bonds is 3. The lowest BCUT2D eigenvalue weighted by Gasteiger charge is -2.16. The van der Waals surface area contributed by atoms with Gasteiger partial charge in [0.25, 0.3) is 11.7 Å². The number of anilines is 1. The SMILES string of the molecule is Cc1cc(C)c2c(c1)N(CCCCl)C(=O)C2=O. The number of carbonyl (C=O) groups excluding carboxylic acids is 2. The maximum atomic E-state index is 11.9. The molecule has 0 radical (unpaired) electrons. The summed E-state index contributed by atoms with van der Waals surface area (Å²) in [7, 11) is 0. The first-order valence-corrected chi connectivity index (χ1v) is 6.13. The lowest BCUT2D eigenvalue weighted by Crippen LogP contribution is -2.30. The average molecular weight is 252 g/mol. The van der Waals surface area contributed by atoms with Crippen molar-refractivity contribution < 1.29 is 9.59 Å². The van der Waals surface area contributed by atoms with E-state index in [1.54, 1.807) is 4.90 Å². The van der Waals surface area contributed by atoms with E-state index in [2.05, 4.69) is 0 Å². The number of Topliss-reactive ketones (excluding diaryl/α,β-unsaturated/α-hetero) is 1. The van der Waals surface area contributed by atoms with Crippen molar-refractivity contribution in [1.29, 1.82) is 0 Å². The van der Waals surface area contributed by atoms with E-state index in [-0.39, 0.29) is 0 Å². The number of hydrogen-bond acceptors (Lipinski definition) is 2. The third-order valence-corrected chi connectivity index (χ3v) is 3.20. The monoisotopic (exact) mass is 251 g/mol. The van der Waals surface area contributed by atoms with Gasteiger partial charge >= 0.3 is 0 Å². The third kappa shape index (κ3) is 1.95. The highest BCUT2D eigenvalue weighted by Crippen LogP contribution is 2.32. The molecule has 4 heteroatoms. The molecule has 0 bridgehead atoms. The minimum absolute atomic E-state index is 0.396. The number of nitrogens with zero attached hydrogens (tertiary/aromatic N) is 1. The van der Waals surface area contributed by atoms with Gasteiger partial charge in [-0.05, 0) is 37.5 Å². The Morgan fingerprint density at radius 2 is 1.94 bits per heavy atom. The van der Waals surface area contributed by atoms with Gasteiger partial charge < -0.3 is 4.90 Å². The number of hydrogen-bond donors (Lipinski definition) is 0. The van der Waals surface area contributed by atoms with Gasteiger partial charge in [-0.2, -0.15) is 0 Å². The summed E-state index contributed by atoms with van der Waals surface area (Å²) in [6, 6.07) is 3.81. The fourth-order valence-electron chi connectivity index (χ4n) is 2.23. The van der Waals surface area contributed by atoms with Gasteiger partial charge in [0.15, 0.2) is 0 Å². The number of amides is 1. The van der Waals surface area contributed by atoms with E-state index in [1.165, 1.54) is 0 Å². The molecule has 0 saturated carbocycles. The van der Waals surface area contributed by atoms with Crippen LogP contribution in [-0.4, -0.2) is 24.1 Å². The van der Waals surface area contributed by atoms with Crippen LogP contribution in [0, 0.1) is 13.8 Å². The summed E-state index contributed by atoms with van der Waals surface area (Å²) in [5, 5.41) is 0. The average Bonchev–Trinajstić information content (AvgIpc) is 2.49. The first-order chi connectivity index (χ1) is 8.06. The molecule has 1 aromatic carbocycles. The molecule has 0 atom stereocenters. The predicted octanol–water partition coefficient (Wildman–Crippen LogP) is 2.46. The zero-order valence-electron chi connectivity index (χ0n) is 9.92. The minimum atomic E-state index is -0.432. The van der Waals surface area contributed by atoms with Crippen LogP contribution >= 0.6 is 11.6 Å². The van der Waals surface area contributed by atoms with E-state index in [9.17, 15) is 9.59 Å². The molecule has 1 aliphatic rings. The van der Waals surface area contributed by atoms with E-state index in [0.717, 1.165) is 16.8 Å². The van der Waals surface area contributed by atoms with E-state index in [4.69, 9.17) is 11.6 Å². The zero-order valence-corrected chi connectivity index (χ0v) is 10.7. The van der Waals surface area contributed by atoms with E-state index in [0.29, 0.717) is 24.4 Å². The van der Waals surface area contributed by atoms with Crippen LogP contribution in [0.2, 0.25) is 0 Å². The molecule has 0 fully saturated rings. The van der Waals surface area contributed by atoms with Crippen molar-refractivity contribution in [3.05, 3.63) is 28.8 Å². The van der Waals surface area contributed by atoms with Crippen LogP contribution in [0.25, 0.3) is 0 Å². The van der Waals surface area contributed by atoms with Gasteiger partial charge in [0.05, 0.1) is 11.3 Å². The summed E-state index contributed by atoms with van der Waals surface area (Å²) in [6.07, 6.45) is 0.688. The molecule has 2 rings (SSSR count). The van der Waals surface area contributed by atoms with Crippen molar-refractivity contribution in [2.75, 3.05) is 17.3 Å². The molecule has 1 amide bonds. The molecule has 17 heavy (non-hydrogen) atoms. The highest BCUT2D eigenvalue weighted by Gasteiger charge is 2.36. The summed E-state index contributed by atoms with van der Waals surface area (Å²) in [6.45, 7) is 4.33. The fraction of sp³-hybridized carbons (Fsp3) is 0.385. The van der Waals surface area contributed by atoms with Crippen LogP contribution in [0.3, 0.4) is 0 Å². The smallest absolute Gasteiger partial charge is 0.299 e. The summed E-state index contributed by atoms with van der Waals surface area (Å²) in [5.74, 6) is -0.344. The van der Waals surface area contributed by atoms with Gasteiger partial charge in [-0.1, -0.05) is 6.07 Å². The number of benzene rings is 1. The van der Waals surface area contributed by atoms with Crippen LogP contribution in [-0.2, 0) is 4.79 Å². The Kier molecular flexibility index (Phi) is 3.20. The van der Waals surface area contributed by atoms with Gasteiger partial charge in [-0.3, -0.25) is 9.59 Å². The van der Waals surface area contributed by atoms with Gasteiger partial charge in [0, 0.05) is 12.4 Å². The predicted molar refractivity (Wildman–Crippen MR) is 67.9 cm³/mol. The molecule has 1 heterocycles. The minimum Gasteiger partial charge on any atom is -0.305 e. The Bertz CT molecular complexity index is 496. The van der Waals surface area contributed by atoms with Crippen LogP contribution < -0.4 is 4.90 Å². The molecule has 0 aliphatic carbocycles. The molecule has 1 aromatic rings. The molecule has 0 saturated heterocycles. The van der Waals surface area contributed by atoms with Crippen molar-refractivity contribution in [2.24, 2.45) is 0 Å². The Morgan fingerprint density at radius 1 is 1.24 bits per heavy atom. The number of halogens is 1. The molecule has 0 spiro atoms. The topological polar surface area (TPSA) is 37.4 Å². The quantitative estimate of drug-likeness (QED) is 0.611.